The van der Waals surface area contributed by atoms with Crippen molar-refractivity contribution in [3.8, 4) is 0 Å². The van der Waals surface area contributed by atoms with Crippen LogP contribution in [0.3, 0.4) is 0 Å². The molecule has 3 aromatic heterocycles. The summed E-state index contributed by atoms with van der Waals surface area (Å²) in [6.07, 6.45) is 5.71. The number of pyridine rings is 2. The van der Waals surface area contributed by atoms with E-state index in [1.807, 2.05) is 19.1 Å². The fraction of sp³-hybridized carbons (Fsp3) is 0.435. The third kappa shape index (κ3) is 4.39. The molecule has 2 fully saturated rings. The summed E-state index contributed by atoms with van der Waals surface area (Å²) >= 11 is 1.28. The second kappa shape index (κ2) is 8.99. The first-order valence-electron chi connectivity index (χ1n) is 11.4. The van der Waals surface area contributed by atoms with Gasteiger partial charge >= 0.3 is 0 Å². The monoisotopic (exact) mass is 483 g/mol. The van der Waals surface area contributed by atoms with Crippen LogP contribution in [0.15, 0.2) is 30.7 Å². The molecule has 1 aliphatic heterocycles. The fourth-order valence-electron chi connectivity index (χ4n) is 4.45. The van der Waals surface area contributed by atoms with Crippen molar-refractivity contribution in [3.63, 3.8) is 0 Å². The number of hydrogen-bond acceptors (Lipinski definition) is 10. The van der Waals surface area contributed by atoms with E-state index in [2.05, 4.69) is 25.5 Å². The number of nitrogen functional groups attached to an aromatic ring is 1. The van der Waals surface area contributed by atoms with Gasteiger partial charge in [-0.05, 0) is 25.0 Å². The van der Waals surface area contributed by atoms with Gasteiger partial charge < -0.3 is 37.2 Å². The minimum absolute atomic E-state index is 0.0117. The van der Waals surface area contributed by atoms with E-state index in [0.29, 0.717) is 40.5 Å². The van der Waals surface area contributed by atoms with Crippen LogP contribution < -0.4 is 27.0 Å². The molecule has 4 heterocycles. The third-order valence-corrected chi connectivity index (χ3v) is 7.47. The SMILES string of the molecule is C[C@H]1CN(c2ccncc2NC(=O)c2c(N)sc3cc(NC(O)C4CC4)cnc23)C[C@@H](N)[C@@H]1O. The van der Waals surface area contributed by atoms with E-state index < -0.39 is 12.3 Å². The maximum atomic E-state index is 13.3. The zero-order valence-corrected chi connectivity index (χ0v) is 19.6. The molecule has 0 aromatic carbocycles. The van der Waals surface area contributed by atoms with Crippen molar-refractivity contribution in [3.05, 3.63) is 36.3 Å². The smallest absolute Gasteiger partial charge is 0.260 e. The van der Waals surface area contributed by atoms with Crippen LogP contribution in [0.4, 0.5) is 22.1 Å². The number of carbonyl (C=O) groups excluding carboxylic acids is 1. The molecule has 3 aromatic rings. The molecule has 34 heavy (non-hydrogen) atoms. The number of aromatic nitrogens is 2. The number of rotatable bonds is 6. The molecule has 1 amide bonds. The van der Waals surface area contributed by atoms with E-state index in [4.69, 9.17) is 11.5 Å². The maximum Gasteiger partial charge on any atom is 0.260 e. The largest absolute Gasteiger partial charge is 0.391 e. The molecule has 5 rings (SSSR count). The minimum Gasteiger partial charge on any atom is -0.391 e. The molecule has 11 heteroatoms. The number of carbonyl (C=O) groups is 1. The first-order chi connectivity index (χ1) is 16.3. The van der Waals surface area contributed by atoms with Gasteiger partial charge in [0.2, 0.25) is 0 Å². The predicted octanol–water partition coefficient (Wildman–Crippen LogP) is 1.81. The highest BCUT2D eigenvalue weighted by Gasteiger charge is 2.32. The first-order valence-corrected chi connectivity index (χ1v) is 12.2. The van der Waals surface area contributed by atoms with Crippen molar-refractivity contribution in [1.82, 2.24) is 9.97 Å². The highest BCUT2D eigenvalue weighted by Crippen LogP contribution is 2.37. The Hall–Kier alpha value is -2.99. The molecule has 1 saturated carbocycles. The van der Waals surface area contributed by atoms with Gasteiger partial charge in [-0.25, -0.2) is 0 Å². The van der Waals surface area contributed by atoms with Gasteiger partial charge in [-0.1, -0.05) is 6.92 Å². The molecular formula is C23H29N7O3S. The van der Waals surface area contributed by atoms with E-state index in [1.54, 1.807) is 18.6 Å². The van der Waals surface area contributed by atoms with Gasteiger partial charge in [-0.3, -0.25) is 14.8 Å². The summed E-state index contributed by atoms with van der Waals surface area (Å²) in [5.41, 5.74) is 15.2. The number of anilines is 4. The first kappa shape index (κ1) is 22.8. The number of hydrogen-bond donors (Lipinski definition) is 6. The van der Waals surface area contributed by atoms with Crippen molar-refractivity contribution in [1.29, 1.82) is 0 Å². The van der Waals surface area contributed by atoms with Crippen molar-refractivity contribution in [2.24, 2.45) is 17.6 Å². The summed E-state index contributed by atoms with van der Waals surface area (Å²) in [4.78, 5) is 24.0. The fourth-order valence-corrected chi connectivity index (χ4v) is 5.42. The average Bonchev–Trinajstić information content (AvgIpc) is 3.60. The highest BCUT2D eigenvalue weighted by atomic mass is 32.1. The van der Waals surface area contributed by atoms with Crippen molar-refractivity contribution in [2.45, 2.75) is 38.1 Å². The Balaban J connectivity index is 1.38. The number of thiophene rings is 1. The predicted molar refractivity (Wildman–Crippen MR) is 134 cm³/mol. The summed E-state index contributed by atoms with van der Waals surface area (Å²) in [5.74, 6) is -0.110. The third-order valence-electron chi connectivity index (χ3n) is 6.51. The van der Waals surface area contributed by atoms with Crippen LogP contribution in [0.25, 0.3) is 10.2 Å². The van der Waals surface area contributed by atoms with Gasteiger partial charge in [0, 0.05) is 37.2 Å². The Labute approximate surface area is 201 Å². The maximum absolute atomic E-state index is 13.3. The van der Waals surface area contributed by atoms with Crippen LogP contribution >= 0.6 is 11.3 Å². The number of fused-ring (bicyclic) bond motifs is 1. The van der Waals surface area contributed by atoms with Gasteiger partial charge in [0.05, 0.1) is 45.8 Å². The normalized spacial score (nSPS) is 23.6. The van der Waals surface area contributed by atoms with E-state index in [9.17, 15) is 15.0 Å². The van der Waals surface area contributed by atoms with Crippen LogP contribution in [0.2, 0.25) is 0 Å². The number of aliphatic hydroxyl groups is 2. The van der Waals surface area contributed by atoms with E-state index in [1.165, 1.54) is 11.3 Å². The van der Waals surface area contributed by atoms with E-state index >= 15 is 0 Å². The zero-order valence-electron chi connectivity index (χ0n) is 18.8. The Bertz CT molecular complexity index is 1200. The Kier molecular flexibility index (Phi) is 6.02. The lowest BCUT2D eigenvalue weighted by molar-refractivity contribution is 0.0785. The molecule has 8 N–H and O–H groups in total. The Morgan fingerprint density at radius 2 is 2.12 bits per heavy atom. The summed E-state index contributed by atoms with van der Waals surface area (Å²) in [6, 6.07) is 3.29. The summed E-state index contributed by atoms with van der Waals surface area (Å²) in [6.45, 7) is 3.02. The molecule has 0 bridgehead atoms. The molecule has 2 aliphatic rings. The van der Waals surface area contributed by atoms with Crippen LogP contribution in [0.5, 0.6) is 0 Å². The number of nitrogens with one attached hydrogen (secondary N) is 2. The quantitative estimate of drug-likeness (QED) is 0.287. The molecule has 180 valence electrons. The Morgan fingerprint density at radius 3 is 2.85 bits per heavy atom. The lowest BCUT2D eigenvalue weighted by Gasteiger charge is -2.40. The van der Waals surface area contributed by atoms with Crippen molar-refractivity contribution >= 4 is 49.5 Å². The van der Waals surface area contributed by atoms with Crippen LogP contribution in [0.1, 0.15) is 30.1 Å². The van der Waals surface area contributed by atoms with Crippen molar-refractivity contribution in [2.75, 3.05) is 34.4 Å². The molecule has 4 atom stereocenters. The molecule has 1 saturated heterocycles. The molecule has 10 nitrogen and oxygen atoms in total. The van der Waals surface area contributed by atoms with Gasteiger partial charge in [-0.15, -0.1) is 11.3 Å². The number of nitrogens with two attached hydrogens (primary N) is 2. The van der Waals surface area contributed by atoms with Gasteiger partial charge in [0.15, 0.2) is 0 Å². The number of nitrogens with zero attached hydrogens (tertiary/aromatic N) is 3. The highest BCUT2D eigenvalue weighted by molar-refractivity contribution is 7.23. The van der Waals surface area contributed by atoms with Crippen LogP contribution in [-0.2, 0) is 0 Å². The molecule has 1 unspecified atom stereocenters. The minimum atomic E-state index is -0.602. The van der Waals surface area contributed by atoms with Crippen LogP contribution in [-0.4, -0.2) is 57.6 Å². The molecular weight excluding hydrogens is 454 g/mol. The topological polar surface area (TPSA) is 163 Å². The molecule has 0 spiro atoms. The van der Waals surface area contributed by atoms with Crippen molar-refractivity contribution < 1.29 is 15.0 Å². The lowest BCUT2D eigenvalue weighted by Crippen LogP contribution is -2.55. The Morgan fingerprint density at radius 1 is 1.32 bits per heavy atom. The summed E-state index contributed by atoms with van der Waals surface area (Å²) in [5, 5.41) is 26.7. The number of piperidine rings is 1. The number of aliphatic hydroxyl groups excluding tert-OH is 2. The second-order valence-electron chi connectivity index (χ2n) is 9.22. The summed E-state index contributed by atoms with van der Waals surface area (Å²) < 4.78 is 0.756. The average molecular weight is 484 g/mol. The summed E-state index contributed by atoms with van der Waals surface area (Å²) in [7, 11) is 0. The standard InChI is InChI=1S/C23H29N7O3S/c1-11-9-30(10-14(24)20(11)31)16-4-5-26-8-15(16)29-23(33)18-19-17(34-21(18)25)6-13(7-27-19)28-22(32)12-2-3-12/h4-8,11-12,14,20,22,28,31-32H,2-3,9-10,24-25H2,1H3,(H,29,33)/t11-,14+,20+,22?/m0/s1. The lowest BCUT2D eigenvalue weighted by atomic mass is 9.92. The second-order valence-corrected chi connectivity index (χ2v) is 10.3. The zero-order chi connectivity index (χ0) is 24.0. The van der Waals surface area contributed by atoms with E-state index in [-0.39, 0.29) is 23.8 Å². The van der Waals surface area contributed by atoms with E-state index in [0.717, 1.165) is 23.2 Å². The van der Waals surface area contributed by atoms with Gasteiger partial charge in [0.1, 0.15) is 16.8 Å². The van der Waals surface area contributed by atoms with Gasteiger partial charge in [-0.2, -0.15) is 0 Å². The van der Waals surface area contributed by atoms with Gasteiger partial charge in [0.25, 0.3) is 5.91 Å². The molecule has 1 aliphatic carbocycles. The number of amides is 1. The van der Waals surface area contributed by atoms with Crippen LogP contribution in [0, 0.1) is 11.8 Å². The molecule has 0 radical (unpaired) electrons.